The summed E-state index contributed by atoms with van der Waals surface area (Å²) >= 11 is 0. The van der Waals surface area contributed by atoms with Crippen molar-refractivity contribution in [2.45, 2.75) is 20.0 Å². The summed E-state index contributed by atoms with van der Waals surface area (Å²) in [6, 6.07) is 7.71. The molecule has 3 aromatic rings. The number of fused-ring (bicyclic) bond motifs is 1. The molecule has 0 saturated heterocycles. The van der Waals surface area contributed by atoms with Crippen LogP contribution in [0.1, 0.15) is 16.8 Å². The maximum atomic E-state index is 10.5. The highest BCUT2D eigenvalue weighted by molar-refractivity contribution is 5.68. The number of aryl methyl sites for hydroxylation is 2. The van der Waals surface area contributed by atoms with Crippen molar-refractivity contribution in [2.75, 3.05) is 13.2 Å². The van der Waals surface area contributed by atoms with Gasteiger partial charge in [-0.25, -0.2) is 0 Å². The molecule has 1 aliphatic heterocycles. The van der Waals surface area contributed by atoms with E-state index in [1.165, 1.54) is 5.56 Å². The summed E-state index contributed by atoms with van der Waals surface area (Å²) in [5, 5.41) is 14.9. The molecule has 26 heavy (non-hydrogen) atoms. The lowest BCUT2D eigenvalue weighted by Crippen LogP contribution is -2.25. The Bertz CT molecular complexity index is 921. The van der Waals surface area contributed by atoms with E-state index in [1.54, 1.807) is 18.5 Å². The van der Waals surface area contributed by atoms with Crippen LogP contribution < -0.4 is 4.74 Å². The third-order valence-electron chi connectivity index (χ3n) is 4.70. The second kappa shape index (κ2) is 6.80. The fourth-order valence-corrected chi connectivity index (χ4v) is 3.43. The van der Waals surface area contributed by atoms with Crippen molar-refractivity contribution in [3.63, 3.8) is 0 Å². The number of rotatable bonds is 3. The van der Waals surface area contributed by atoms with Gasteiger partial charge >= 0.3 is 0 Å². The van der Waals surface area contributed by atoms with Gasteiger partial charge in [-0.2, -0.15) is 5.10 Å². The number of pyridine rings is 1. The van der Waals surface area contributed by atoms with E-state index in [2.05, 4.69) is 27.2 Å². The van der Waals surface area contributed by atoms with E-state index in [4.69, 9.17) is 4.74 Å². The number of aromatic nitrogens is 3. The van der Waals surface area contributed by atoms with Crippen molar-refractivity contribution in [1.29, 1.82) is 0 Å². The van der Waals surface area contributed by atoms with Gasteiger partial charge in [-0.05, 0) is 30.7 Å². The zero-order valence-corrected chi connectivity index (χ0v) is 15.0. The van der Waals surface area contributed by atoms with E-state index in [0.717, 1.165) is 35.5 Å². The van der Waals surface area contributed by atoms with Gasteiger partial charge < -0.3 is 9.84 Å². The predicted octanol–water partition coefficient (Wildman–Crippen LogP) is 2.89. The number of nitrogens with zero attached hydrogens (tertiary/aromatic N) is 4. The van der Waals surface area contributed by atoms with E-state index in [-0.39, 0.29) is 5.75 Å². The molecule has 6 heteroatoms. The van der Waals surface area contributed by atoms with Gasteiger partial charge in [-0.3, -0.25) is 14.6 Å². The molecule has 0 unspecified atom stereocenters. The van der Waals surface area contributed by atoms with Gasteiger partial charge in [0.05, 0.1) is 5.69 Å². The number of ether oxygens (including phenoxy) is 1. The Hall–Kier alpha value is -2.86. The highest BCUT2D eigenvalue weighted by atomic mass is 16.5. The molecule has 0 bridgehead atoms. The molecule has 0 atom stereocenters. The zero-order valence-electron chi connectivity index (χ0n) is 15.0. The van der Waals surface area contributed by atoms with Crippen LogP contribution in [0.5, 0.6) is 11.5 Å². The number of hydrogen-bond acceptors (Lipinski definition) is 5. The molecule has 1 aromatic carbocycles. The molecule has 3 heterocycles. The standard InChI is InChI=1S/C20H22N4O2/c1-14-18(11-23(2)22-14)13-24-6-7-26-20-17(12-24)8-16(9-19(20)25)15-4-3-5-21-10-15/h3-5,8-11,25H,6-7,12-13H2,1-2H3. The number of hydrogen-bond donors (Lipinski definition) is 1. The number of phenols is 1. The molecular formula is C20H22N4O2. The van der Waals surface area contributed by atoms with Crippen LogP contribution in [-0.4, -0.2) is 37.9 Å². The van der Waals surface area contributed by atoms with Crippen molar-refractivity contribution in [2.24, 2.45) is 7.05 Å². The van der Waals surface area contributed by atoms with Crippen LogP contribution in [0.4, 0.5) is 0 Å². The van der Waals surface area contributed by atoms with E-state index in [9.17, 15) is 5.11 Å². The average molecular weight is 350 g/mol. The summed E-state index contributed by atoms with van der Waals surface area (Å²) in [6.07, 6.45) is 5.61. The van der Waals surface area contributed by atoms with Gasteiger partial charge in [0.1, 0.15) is 6.61 Å². The van der Waals surface area contributed by atoms with Gasteiger partial charge in [0.25, 0.3) is 0 Å². The van der Waals surface area contributed by atoms with Crippen LogP contribution in [-0.2, 0) is 20.1 Å². The molecular weight excluding hydrogens is 328 g/mol. The first kappa shape index (κ1) is 16.6. The molecule has 0 spiro atoms. The quantitative estimate of drug-likeness (QED) is 0.787. The van der Waals surface area contributed by atoms with Crippen LogP contribution in [0, 0.1) is 6.92 Å². The smallest absolute Gasteiger partial charge is 0.165 e. The van der Waals surface area contributed by atoms with Gasteiger partial charge in [-0.1, -0.05) is 6.07 Å². The summed E-state index contributed by atoms with van der Waals surface area (Å²) in [7, 11) is 1.94. The molecule has 2 aromatic heterocycles. The lowest BCUT2D eigenvalue weighted by Gasteiger charge is -2.19. The van der Waals surface area contributed by atoms with Crippen molar-refractivity contribution in [3.05, 3.63) is 59.7 Å². The highest BCUT2D eigenvalue weighted by Crippen LogP contribution is 2.37. The van der Waals surface area contributed by atoms with Crippen molar-refractivity contribution in [3.8, 4) is 22.6 Å². The SMILES string of the molecule is Cc1nn(C)cc1CN1CCOc2c(O)cc(-c3cccnc3)cc2C1. The van der Waals surface area contributed by atoms with Crippen LogP contribution >= 0.6 is 0 Å². The first-order chi connectivity index (χ1) is 12.6. The average Bonchev–Trinajstić information content (AvgIpc) is 2.82. The highest BCUT2D eigenvalue weighted by Gasteiger charge is 2.21. The first-order valence-electron chi connectivity index (χ1n) is 8.71. The fraction of sp³-hybridized carbons (Fsp3) is 0.300. The first-order valence-corrected chi connectivity index (χ1v) is 8.71. The Kier molecular flexibility index (Phi) is 4.34. The van der Waals surface area contributed by atoms with Crippen LogP contribution in [0.2, 0.25) is 0 Å². The van der Waals surface area contributed by atoms with Crippen LogP contribution in [0.3, 0.4) is 0 Å². The minimum atomic E-state index is 0.181. The molecule has 0 radical (unpaired) electrons. The maximum Gasteiger partial charge on any atom is 0.165 e. The second-order valence-corrected chi connectivity index (χ2v) is 6.70. The topological polar surface area (TPSA) is 63.4 Å². The van der Waals surface area contributed by atoms with Gasteiger partial charge in [-0.15, -0.1) is 0 Å². The largest absolute Gasteiger partial charge is 0.504 e. The summed E-state index contributed by atoms with van der Waals surface area (Å²) in [5.41, 5.74) is 5.16. The fourth-order valence-electron chi connectivity index (χ4n) is 3.43. The maximum absolute atomic E-state index is 10.5. The van der Waals surface area contributed by atoms with Gasteiger partial charge in [0, 0.05) is 62.0 Å². The molecule has 0 fully saturated rings. The molecule has 1 aliphatic rings. The summed E-state index contributed by atoms with van der Waals surface area (Å²) in [6.45, 7) is 4.90. The predicted molar refractivity (Wildman–Crippen MR) is 98.9 cm³/mol. The monoisotopic (exact) mass is 350 g/mol. The molecule has 4 rings (SSSR count). The number of phenolic OH excluding ortho intramolecular Hbond substituents is 1. The normalized spacial score (nSPS) is 14.5. The minimum absolute atomic E-state index is 0.181. The van der Waals surface area contributed by atoms with Crippen LogP contribution in [0.15, 0.2) is 42.9 Å². The number of aromatic hydroxyl groups is 1. The Morgan fingerprint density at radius 2 is 2.15 bits per heavy atom. The van der Waals surface area contributed by atoms with Crippen LogP contribution in [0.25, 0.3) is 11.1 Å². The third kappa shape index (κ3) is 3.28. The molecule has 134 valence electrons. The lowest BCUT2D eigenvalue weighted by atomic mass is 10.0. The summed E-state index contributed by atoms with van der Waals surface area (Å²) in [5.74, 6) is 0.767. The van der Waals surface area contributed by atoms with E-state index in [0.29, 0.717) is 18.9 Å². The third-order valence-corrected chi connectivity index (χ3v) is 4.70. The summed E-state index contributed by atoms with van der Waals surface area (Å²) in [4.78, 5) is 6.49. The Balaban J connectivity index is 1.64. The number of benzene rings is 1. The Morgan fingerprint density at radius 1 is 1.27 bits per heavy atom. The molecule has 6 nitrogen and oxygen atoms in total. The lowest BCUT2D eigenvalue weighted by molar-refractivity contribution is 0.217. The van der Waals surface area contributed by atoms with E-state index in [1.807, 2.05) is 30.8 Å². The van der Waals surface area contributed by atoms with Crippen molar-refractivity contribution in [1.82, 2.24) is 19.7 Å². The van der Waals surface area contributed by atoms with Crippen molar-refractivity contribution >= 4 is 0 Å². The Morgan fingerprint density at radius 3 is 2.88 bits per heavy atom. The molecule has 0 aliphatic carbocycles. The van der Waals surface area contributed by atoms with Crippen molar-refractivity contribution < 1.29 is 9.84 Å². The zero-order chi connectivity index (χ0) is 18.1. The molecule has 0 amide bonds. The second-order valence-electron chi connectivity index (χ2n) is 6.70. The van der Waals surface area contributed by atoms with Gasteiger partial charge in [0.2, 0.25) is 0 Å². The summed E-state index contributed by atoms with van der Waals surface area (Å²) < 4.78 is 7.69. The molecule has 1 N–H and O–H groups in total. The molecule has 0 saturated carbocycles. The van der Waals surface area contributed by atoms with Gasteiger partial charge in [0.15, 0.2) is 11.5 Å². The van der Waals surface area contributed by atoms with E-state index < -0.39 is 0 Å². The van der Waals surface area contributed by atoms with E-state index >= 15 is 0 Å². The Labute approximate surface area is 152 Å². The minimum Gasteiger partial charge on any atom is -0.504 e.